The maximum atomic E-state index is 12.7. The number of carbonyl (C=O) groups is 1. The molecule has 0 aliphatic rings. The van der Waals surface area contributed by atoms with Gasteiger partial charge in [0.25, 0.3) is 5.56 Å². The number of hydrogen-bond acceptors (Lipinski definition) is 4. The number of anilines is 1. The summed E-state index contributed by atoms with van der Waals surface area (Å²) in [5, 5.41) is 4.53. The zero-order chi connectivity index (χ0) is 17.8. The minimum atomic E-state index is -0.437. The monoisotopic (exact) mass is 357 g/mol. The quantitative estimate of drug-likeness (QED) is 0.737. The summed E-state index contributed by atoms with van der Waals surface area (Å²) in [5.41, 5.74) is 0.466. The normalized spacial score (nSPS) is 10.9. The smallest absolute Gasteiger partial charge is 0.325 e. The molecule has 0 radical (unpaired) electrons. The molecule has 6 nitrogen and oxygen atoms in total. The molecule has 2 heterocycles. The van der Waals surface area contributed by atoms with Crippen molar-refractivity contribution in [1.82, 2.24) is 9.13 Å². The van der Waals surface area contributed by atoms with E-state index in [1.165, 1.54) is 20.5 Å². The summed E-state index contributed by atoms with van der Waals surface area (Å²) < 4.78 is 3.11. The van der Waals surface area contributed by atoms with Crippen molar-refractivity contribution in [3.8, 4) is 0 Å². The first-order valence-electron chi connectivity index (χ1n) is 8.17. The number of hydrogen-bond donors (Lipinski definition) is 1. The largest absolute Gasteiger partial charge is 0.332 e. The van der Waals surface area contributed by atoms with Crippen LogP contribution < -0.4 is 16.6 Å². The van der Waals surface area contributed by atoms with E-state index in [9.17, 15) is 14.4 Å². The lowest BCUT2D eigenvalue weighted by atomic mass is 10.3. The topological polar surface area (TPSA) is 73.1 Å². The molecular weight excluding hydrogens is 338 g/mol. The van der Waals surface area contributed by atoms with Gasteiger partial charge in [-0.05, 0) is 30.0 Å². The van der Waals surface area contributed by atoms with Crippen molar-refractivity contribution in [2.75, 3.05) is 5.32 Å². The first-order chi connectivity index (χ1) is 12.1. The highest BCUT2D eigenvalue weighted by molar-refractivity contribution is 7.17. The van der Waals surface area contributed by atoms with Crippen LogP contribution in [0.4, 0.5) is 5.69 Å². The Hall–Kier alpha value is -2.67. The van der Waals surface area contributed by atoms with Gasteiger partial charge in [-0.25, -0.2) is 4.79 Å². The number of carbonyl (C=O) groups excluding carboxylic acids is 1. The molecule has 0 saturated carbocycles. The second-order valence-electron chi connectivity index (χ2n) is 5.73. The molecule has 1 amide bonds. The van der Waals surface area contributed by atoms with Crippen LogP contribution in [0.5, 0.6) is 0 Å². The molecule has 0 saturated heterocycles. The Balaban J connectivity index is 1.97. The van der Waals surface area contributed by atoms with Crippen LogP contribution in [0.2, 0.25) is 0 Å². The Morgan fingerprint density at radius 3 is 2.60 bits per heavy atom. The van der Waals surface area contributed by atoms with Gasteiger partial charge in [0.2, 0.25) is 5.91 Å². The number of thiophene rings is 1. The molecule has 25 heavy (non-hydrogen) atoms. The third kappa shape index (κ3) is 3.56. The summed E-state index contributed by atoms with van der Waals surface area (Å²) >= 11 is 1.29. The van der Waals surface area contributed by atoms with Crippen molar-refractivity contribution >= 4 is 33.1 Å². The first kappa shape index (κ1) is 17.2. The molecule has 1 aromatic carbocycles. The van der Waals surface area contributed by atoms with Gasteiger partial charge in [-0.15, -0.1) is 11.3 Å². The molecule has 7 heteroatoms. The number of nitrogens with zero attached hydrogens (tertiary/aromatic N) is 2. The molecule has 0 spiro atoms. The molecular formula is C18H19N3O3S. The molecule has 0 aliphatic carbocycles. The van der Waals surface area contributed by atoms with Crippen LogP contribution in [0, 0.1) is 0 Å². The zero-order valence-corrected chi connectivity index (χ0v) is 14.7. The van der Waals surface area contributed by atoms with Gasteiger partial charge in [0.1, 0.15) is 11.2 Å². The fourth-order valence-corrected chi connectivity index (χ4v) is 3.51. The predicted molar refractivity (Wildman–Crippen MR) is 100 cm³/mol. The van der Waals surface area contributed by atoms with E-state index < -0.39 is 5.69 Å². The highest BCUT2D eigenvalue weighted by atomic mass is 32.1. The van der Waals surface area contributed by atoms with E-state index in [1.807, 2.05) is 25.1 Å². The number of benzene rings is 1. The molecule has 130 valence electrons. The van der Waals surface area contributed by atoms with Crippen LogP contribution in [0.3, 0.4) is 0 Å². The summed E-state index contributed by atoms with van der Waals surface area (Å²) in [4.78, 5) is 37.6. The maximum absolute atomic E-state index is 12.7. The molecule has 0 bridgehead atoms. The summed E-state index contributed by atoms with van der Waals surface area (Å²) in [6.45, 7) is 2.23. The van der Waals surface area contributed by atoms with Gasteiger partial charge in [0.05, 0.1) is 5.52 Å². The fourth-order valence-electron chi connectivity index (χ4n) is 2.67. The van der Waals surface area contributed by atoms with Crippen molar-refractivity contribution in [3.63, 3.8) is 0 Å². The van der Waals surface area contributed by atoms with E-state index in [2.05, 4.69) is 5.32 Å². The zero-order valence-electron chi connectivity index (χ0n) is 13.9. The summed E-state index contributed by atoms with van der Waals surface area (Å²) in [6.07, 6.45) is 1.62. The van der Waals surface area contributed by atoms with Gasteiger partial charge in [-0.2, -0.15) is 0 Å². The molecule has 3 rings (SSSR count). The lowest BCUT2D eigenvalue weighted by Gasteiger charge is -2.12. The SMILES string of the molecule is CCCCn1c(=O)c2sccc2n(CC(=O)Nc2ccccc2)c1=O. The molecule has 0 aliphatic heterocycles. The van der Waals surface area contributed by atoms with Crippen molar-refractivity contribution in [3.05, 3.63) is 62.6 Å². The molecule has 0 atom stereocenters. The highest BCUT2D eigenvalue weighted by Crippen LogP contribution is 2.15. The Morgan fingerprint density at radius 2 is 1.88 bits per heavy atom. The lowest BCUT2D eigenvalue weighted by Crippen LogP contribution is -2.41. The van der Waals surface area contributed by atoms with Gasteiger partial charge in [-0.3, -0.25) is 18.7 Å². The van der Waals surface area contributed by atoms with Crippen molar-refractivity contribution < 1.29 is 4.79 Å². The van der Waals surface area contributed by atoms with Crippen molar-refractivity contribution in [2.45, 2.75) is 32.9 Å². The number of rotatable bonds is 6. The third-order valence-electron chi connectivity index (χ3n) is 3.93. The van der Waals surface area contributed by atoms with Crippen LogP contribution in [0.25, 0.3) is 10.2 Å². The van der Waals surface area contributed by atoms with Crippen LogP contribution in [-0.2, 0) is 17.9 Å². The number of aromatic nitrogens is 2. The Labute approximate surface area is 148 Å². The second-order valence-corrected chi connectivity index (χ2v) is 6.64. The van der Waals surface area contributed by atoms with Gasteiger partial charge in [0, 0.05) is 12.2 Å². The first-order valence-corrected chi connectivity index (χ1v) is 9.05. The van der Waals surface area contributed by atoms with Crippen LogP contribution in [0.15, 0.2) is 51.4 Å². The standard InChI is InChI=1S/C18H19N3O3S/c1-2-3-10-20-17(23)16-14(9-11-25-16)21(18(20)24)12-15(22)19-13-7-5-4-6-8-13/h4-9,11H,2-3,10,12H2,1H3,(H,19,22). The number of fused-ring (bicyclic) bond motifs is 1. The van der Waals surface area contributed by atoms with Crippen molar-refractivity contribution in [2.24, 2.45) is 0 Å². The summed E-state index contributed by atoms with van der Waals surface area (Å²) in [5.74, 6) is -0.304. The van der Waals surface area contributed by atoms with Crippen molar-refractivity contribution in [1.29, 1.82) is 0 Å². The van der Waals surface area contributed by atoms with Gasteiger partial charge in [-0.1, -0.05) is 31.5 Å². The minimum absolute atomic E-state index is 0.132. The van der Waals surface area contributed by atoms with E-state index in [1.54, 1.807) is 23.6 Å². The average molecular weight is 357 g/mol. The molecule has 0 unspecified atom stereocenters. The number of para-hydroxylation sites is 1. The summed E-state index contributed by atoms with van der Waals surface area (Å²) in [6, 6.07) is 10.8. The number of amides is 1. The van der Waals surface area contributed by atoms with E-state index in [0.29, 0.717) is 22.4 Å². The highest BCUT2D eigenvalue weighted by Gasteiger charge is 2.16. The van der Waals surface area contributed by atoms with Crippen LogP contribution in [0.1, 0.15) is 19.8 Å². The fraction of sp³-hybridized carbons (Fsp3) is 0.278. The number of nitrogens with one attached hydrogen (secondary N) is 1. The van der Waals surface area contributed by atoms with Crippen LogP contribution in [-0.4, -0.2) is 15.0 Å². The van der Waals surface area contributed by atoms with E-state index in [4.69, 9.17) is 0 Å². The van der Waals surface area contributed by atoms with Gasteiger partial charge in [0.15, 0.2) is 0 Å². The van der Waals surface area contributed by atoms with E-state index in [-0.39, 0.29) is 18.0 Å². The number of unbranched alkanes of at least 4 members (excludes halogenated alkanes) is 1. The Morgan fingerprint density at radius 1 is 1.12 bits per heavy atom. The van der Waals surface area contributed by atoms with E-state index >= 15 is 0 Å². The Kier molecular flexibility index (Phi) is 5.14. The lowest BCUT2D eigenvalue weighted by molar-refractivity contribution is -0.116. The molecule has 2 aromatic heterocycles. The second kappa shape index (κ2) is 7.48. The maximum Gasteiger partial charge on any atom is 0.332 e. The predicted octanol–water partition coefficient (Wildman–Crippen LogP) is 2.66. The average Bonchev–Trinajstić information content (AvgIpc) is 3.09. The third-order valence-corrected chi connectivity index (χ3v) is 4.82. The molecule has 1 N–H and O–H groups in total. The van der Waals surface area contributed by atoms with Gasteiger partial charge >= 0.3 is 5.69 Å². The minimum Gasteiger partial charge on any atom is -0.325 e. The molecule has 0 fully saturated rings. The van der Waals surface area contributed by atoms with Crippen LogP contribution >= 0.6 is 11.3 Å². The Bertz CT molecular complexity index is 1000. The summed E-state index contributed by atoms with van der Waals surface area (Å²) in [7, 11) is 0. The van der Waals surface area contributed by atoms with Gasteiger partial charge < -0.3 is 5.32 Å². The van der Waals surface area contributed by atoms with E-state index in [0.717, 1.165) is 12.8 Å². The molecule has 3 aromatic rings.